The monoisotopic (exact) mass is 354 g/mol. The quantitative estimate of drug-likeness (QED) is 0.513. The number of hydrogen-bond donors (Lipinski definition) is 1. The molecule has 27 heavy (non-hydrogen) atoms. The van der Waals surface area contributed by atoms with Crippen LogP contribution in [0.2, 0.25) is 0 Å². The van der Waals surface area contributed by atoms with Crippen LogP contribution in [-0.4, -0.2) is 9.38 Å². The van der Waals surface area contributed by atoms with E-state index >= 15 is 0 Å². The first kappa shape index (κ1) is 17.1. The lowest BCUT2D eigenvalue weighted by Gasteiger charge is -2.14. The fourth-order valence-electron chi connectivity index (χ4n) is 3.76. The maximum Gasteiger partial charge on any atom is 0.157 e. The maximum absolute atomic E-state index is 9.80. The third kappa shape index (κ3) is 3.02. The van der Waals surface area contributed by atoms with Gasteiger partial charge >= 0.3 is 0 Å². The van der Waals surface area contributed by atoms with Gasteiger partial charge in [0.1, 0.15) is 11.9 Å². The second-order valence-corrected chi connectivity index (χ2v) is 7.05. The summed E-state index contributed by atoms with van der Waals surface area (Å²) in [6, 6.07) is 18.9. The zero-order chi connectivity index (χ0) is 19.0. The summed E-state index contributed by atoms with van der Waals surface area (Å²) in [5.74, 6) is 0.936. The Bertz CT molecular complexity index is 1170. The molecule has 4 aromatic rings. The number of rotatable bonds is 4. The summed E-state index contributed by atoms with van der Waals surface area (Å²) < 4.78 is 2.06. The molecule has 0 spiro atoms. The molecular weight excluding hydrogens is 332 g/mol. The van der Waals surface area contributed by atoms with Crippen LogP contribution in [0.3, 0.4) is 0 Å². The molecule has 0 fully saturated rings. The minimum atomic E-state index is 0.666. The summed E-state index contributed by atoms with van der Waals surface area (Å²) in [6.07, 6.45) is 1.83. The van der Waals surface area contributed by atoms with E-state index in [1.807, 2.05) is 24.3 Å². The molecule has 2 heterocycles. The molecule has 0 saturated heterocycles. The molecule has 134 valence electrons. The number of aromatic nitrogens is 2. The number of fused-ring (bicyclic) bond motifs is 3. The molecule has 0 aliphatic heterocycles. The predicted octanol–water partition coefficient (Wildman–Crippen LogP) is 5.67. The summed E-state index contributed by atoms with van der Waals surface area (Å²) >= 11 is 0. The number of pyridine rings is 1. The molecule has 4 rings (SSSR count). The second-order valence-electron chi connectivity index (χ2n) is 7.05. The lowest BCUT2D eigenvalue weighted by molar-refractivity contribution is 0.915. The molecule has 4 heteroatoms. The van der Waals surface area contributed by atoms with Gasteiger partial charge in [-0.15, -0.1) is 0 Å². The minimum Gasteiger partial charge on any atom is -0.341 e. The van der Waals surface area contributed by atoms with Gasteiger partial charge in [-0.2, -0.15) is 5.26 Å². The van der Waals surface area contributed by atoms with E-state index in [0.29, 0.717) is 5.56 Å². The average molecular weight is 354 g/mol. The van der Waals surface area contributed by atoms with Crippen LogP contribution < -0.4 is 5.32 Å². The number of imidazole rings is 1. The molecular formula is C23H22N4. The molecule has 2 aromatic heterocycles. The van der Waals surface area contributed by atoms with E-state index in [-0.39, 0.29) is 0 Å². The Kier molecular flexibility index (Phi) is 4.29. The van der Waals surface area contributed by atoms with E-state index in [0.717, 1.165) is 46.6 Å². The van der Waals surface area contributed by atoms with Crippen molar-refractivity contribution in [1.29, 1.82) is 5.26 Å². The van der Waals surface area contributed by atoms with Crippen molar-refractivity contribution < 1.29 is 0 Å². The lowest BCUT2D eigenvalue weighted by atomic mass is 10.1. The van der Waals surface area contributed by atoms with Crippen LogP contribution in [-0.2, 0) is 6.42 Å². The van der Waals surface area contributed by atoms with E-state index in [9.17, 15) is 5.26 Å². The number of nitrogens with one attached hydrogen (secondary N) is 1. The molecule has 1 N–H and O–H groups in total. The van der Waals surface area contributed by atoms with Gasteiger partial charge in [0.05, 0.1) is 16.6 Å². The van der Waals surface area contributed by atoms with Crippen molar-refractivity contribution in [2.45, 2.75) is 33.6 Å². The van der Waals surface area contributed by atoms with Crippen LogP contribution in [0.5, 0.6) is 0 Å². The van der Waals surface area contributed by atoms with E-state index in [2.05, 4.69) is 60.8 Å². The normalized spacial score (nSPS) is 11.0. The molecule has 0 aliphatic carbocycles. The van der Waals surface area contributed by atoms with E-state index in [1.165, 1.54) is 11.1 Å². The Balaban J connectivity index is 2.01. The van der Waals surface area contributed by atoms with E-state index < -0.39 is 0 Å². The van der Waals surface area contributed by atoms with Crippen molar-refractivity contribution in [3.8, 4) is 6.07 Å². The van der Waals surface area contributed by atoms with Crippen molar-refractivity contribution in [3.63, 3.8) is 0 Å². The number of aryl methyl sites for hydroxylation is 3. The van der Waals surface area contributed by atoms with Crippen molar-refractivity contribution >= 4 is 28.2 Å². The highest BCUT2D eigenvalue weighted by Crippen LogP contribution is 2.30. The van der Waals surface area contributed by atoms with E-state index in [1.54, 1.807) is 0 Å². The topological polar surface area (TPSA) is 53.1 Å². The zero-order valence-electron chi connectivity index (χ0n) is 15.9. The van der Waals surface area contributed by atoms with Crippen molar-refractivity contribution in [3.05, 3.63) is 70.8 Å². The SMILES string of the molecule is CCCc1cc(Nc2cc(C)cc(C)c2)n2c(nc3ccccc32)c1C#N. The van der Waals surface area contributed by atoms with Gasteiger partial charge in [0.2, 0.25) is 0 Å². The van der Waals surface area contributed by atoms with E-state index in [4.69, 9.17) is 4.98 Å². The van der Waals surface area contributed by atoms with Gasteiger partial charge in [-0.25, -0.2) is 4.98 Å². The predicted molar refractivity (Wildman–Crippen MR) is 111 cm³/mol. The average Bonchev–Trinajstić information content (AvgIpc) is 3.01. The Morgan fingerprint density at radius 3 is 2.52 bits per heavy atom. The molecule has 4 nitrogen and oxygen atoms in total. The Labute approximate surface area is 159 Å². The first-order chi connectivity index (χ1) is 13.1. The molecule has 2 aromatic carbocycles. The van der Waals surface area contributed by atoms with Gasteiger partial charge in [-0.05, 0) is 67.3 Å². The summed E-state index contributed by atoms with van der Waals surface area (Å²) in [5, 5.41) is 13.4. The molecule has 0 bridgehead atoms. The Hall–Kier alpha value is -3.32. The third-order valence-electron chi connectivity index (χ3n) is 4.78. The van der Waals surface area contributed by atoms with Crippen LogP contribution in [0.1, 0.15) is 35.6 Å². The first-order valence-corrected chi connectivity index (χ1v) is 9.29. The van der Waals surface area contributed by atoms with Crippen molar-refractivity contribution in [2.24, 2.45) is 0 Å². The minimum absolute atomic E-state index is 0.666. The molecule has 0 radical (unpaired) electrons. The van der Waals surface area contributed by atoms with Gasteiger partial charge in [0, 0.05) is 5.69 Å². The molecule has 0 saturated carbocycles. The summed E-state index contributed by atoms with van der Waals surface area (Å²) in [6.45, 7) is 6.33. The number of benzene rings is 2. The number of nitriles is 1. The van der Waals surface area contributed by atoms with Crippen LogP contribution >= 0.6 is 0 Å². The highest BCUT2D eigenvalue weighted by molar-refractivity contribution is 5.86. The fourth-order valence-corrected chi connectivity index (χ4v) is 3.76. The van der Waals surface area contributed by atoms with Crippen LogP contribution in [0.15, 0.2) is 48.5 Å². The highest BCUT2D eigenvalue weighted by Gasteiger charge is 2.16. The highest BCUT2D eigenvalue weighted by atomic mass is 15.1. The zero-order valence-corrected chi connectivity index (χ0v) is 15.9. The largest absolute Gasteiger partial charge is 0.341 e. The van der Waals surface area contributed by atoms with Crippen molar-refractivity contribution in [1.82, 2.24) is 9.38 Å². The smallest absolute Gasteiger partial charge is 0.157 e. The van der Waals surface area contributed by atoms with Gasteiger partial charge in [0.25, 0.3) is 0 Å². The Morgan fingerprint density at radius 2 is 1.81 bits per heavy atom. The summed E-state index contributed by atoms with van der Waals surface area (Å²) in [5.41, 5.74) is 7.78. The second kappa shape index (κ2) is 6.77. The van der Waals surface area contributed by atoms with Gasteiger partial charge in [0.15, 0.2) is 5.65 Å². The fraction of sp³-hybridized carbons (Fsp3) is 0.217. The molecule has 0 amide bonds. The lowest BCUT2D eigenvalue weighted by Crippen LogP contribution is -2.04. The van der Waals surface area contributed by atoms with Gasteiger partial charge in [-0.3, -0.25) is 4.40 Å². The summed E-state index contributed by atoms with van der Waals surface area (Å²) in [7, 11) is 0. The molecule has 0 unspecified atom stereocenters. The first-order valence-electron chi connectivity index (χ1n) is 9.29. The number of hydrogen-bond acceptors (Lipinski definition) is 3. The maximum atomic E-state index is 9.80. The number of para-hydroxylation sites is 2. The number of anilines is 2. The summed E-state index contributed by atoms with van der Waals surface area (Å²) in [4.78, 5) is 4.77. The van der Waals surface area contributed by atoms with Gasteiger partial charge in [-0.1, -0.05) is 31.5 Å². The Morgan fingerprint density at radius 1 is 1.07 bits per heavy atom. The standard InChI is InChI=1S/C23H22N4/c1-4-7-17-13-22(25-18-11-15(2)10-16(3)12-18)27-21-9-6-5-8-20(21)26-23(27)19(17)14-24/h5-6,8-13,25H,4,7H2,1-3H3. The van der Waals surface area contributed by atoms with Crippen molar-refractivity contribution in [2.75, 3.05) is 5.32 Å². The molecule has 0 atom stereocenters. The third-order valence-corrected chi connectivity index (χ3v) is 4.78. The molecule has 0 aliphatic rings. The van der Waals surface area contributed by atoms with Gasteiger partial charge < -0.3 is 5.32 Å². The van der Waals surface area contributed by atoms with Crippen LogP contribution in [0.25, 0.3) is 16.7 Å². The van der Waals surface area contributed by atoms with Crippen LogP contribution in [0, 0.1) is 25.2 Å². The van der Waals surface area contributed by atoms with Crippen LogP contribution in [0.4, 0.5) is 11.5 Å². The number of nitrogens with zero attached hydrogens (tertiary/aromatic N) is 3.